The minimum absolute atomic E-state index is 0.0253. The third-order valence-corrected chi connectivity index (χ3v) is 6.97. The lowest BCUT2D eigenvalue weighted by atomic mass is 10.2. The number of ether oxygens (including phenoxy) is 13. The highest BCUT2D eigenvalue weighted by atomic mass is 17.2. The van der Waals surface area contributed by atoms with Gasteiger partial charge < -0.3 is 61.6 Å². The lowest BCUT2D eigenvalue weighted by Crippen LogP contribution is -2.71. The van der Waals surface area contributed by atoms with E-state index in [4.69, 9.17) is 71.4 Å². The quantitative estimate of drug-likeness (QED) is 0.0317. The Kier molecular flexibility index (Phi) is 25.7. The molecule has 1 aromatic carbocycles. The summed E-state index contributed by atoms with van der Waals surface area (Å²) in [7, 11) is 4.31. The first-order valence-corrected chi connectivity index (χ1v) is 18.9. The standard InChI is InChI=1S/C38H64O18/c1-11-14-22-48-36(49-27-26-46-29(4)5,34(40)56-55-33(39)28-45-25-24-43-9)38(51-23-17-21-42-8,53-32-19-16-15-18-31(32)44-10)54-35(41)37(47-13-3,50-20-12-2)52-30(6)7/h15-16,18-19,29-30H,11-14,17,20-28H2,1-10H3. The molecular formula is C38H64O18. The van der Waals surface area contributed by atoms with Crippen molar-refractivity contribution in [1.82, 2.24) is 0 Å². The van der Waals surface area contributed by atoms with Gasteiger partial charge in [-0.2, -0.15) is 0 Å². The van der Waals surface area contributed by atoms with Gasteiger partial charge >= 0.3 is 35.6 Å². The van der Waals surface area contributed by atoms with Gasteiger partial charge in [0.25, 0.3) is 0 Å². The minimum atomic E-state index is -3.13. The van der Waals surface area contributed by atoms with Gasteiger partial charge in [-0.15, -0.1) is 0 Å². The summed E-state index contributed by atoms with van der Waals surface area (Å²) in [5, 5.41) is 0. The van der Waals surface area contributed by atoms with Gasteiger partial charge in [0.2, 0.25) is 0 Å². The van der Waals surface area contributed by atoms with Crippen molar-refractivity contribution in [2.45, 2.75) is 104 Å². The second-order valence-corrected chi connectivity index (χ2v) is 12.4. The molecule has 0 aromatic heterocycles. The van der Waals surface area contributed by atoms with Crippen LogP contribution in [0.2, 0.25) is 0 Å². The lowest BCUT2D eigenvalue weighted by molar-refractivity contribution is -0.467. The molecule has 56 heavy (non-hydrogen) atoms. The molecule has 0 saturated heterocycles. The number of rotatable bonds is 33. The van der Waals surface area contributed by atoms with Gasteiger partial charge in [-0.05, 0) is 66.0 Å². The van der Waals surface area contributed by atoms with Crippen LogP contribution in [0.4, 0.5) is 0 Å². The van der Waals surface area contributed by atoms with Crippen LogP contribution in [-0.4, -0.2) is 135 Å². The summed E-state index contributed by atoms with van der Waals surface area (Å²) in [6, 6.07) is 6.24. The molecule has 0 spiro atoms. The Morgan fingerprint density at radius 2 is 1.32 bits per heavy atom. The summed E-state index contributed by atoms with van der Waals surface area (Å²) in [4.78, 5) is 52.2. The van der Waals surface area contributed by atoms with Gasteiger partial charge in [-0.3, -0.25) is 0 Å². The smallest absolute Gasteiger partial charge is 0.444 e. The Hall–Kier alpha value is -3.17. The third kappa shape index (κ3) is 16.7. The van der Waals surface area contributed by atoms with Crippen molar-refractivity contribution in [3.05, 3.63) is 24.3 Å². The van der Waals surface area contributed by atoms with E-state index in [1.54, 1.807) is 52.8 Å². The van der Waals surface area contributed by atoms with Crippen molar-refractivity contribution in [3.8, 4) is 11.5 Å². The van der Waals surface area contributed by atoms with E-state index in [0.29, 0.717) is 19.3 Å². The first-order valence-electron chi connectivity index (χ1n) is 18.9. The molecule has 1 rings (SSSR count). The molecule has 0 N–H and O–H groups in total. The second kappa shape index (κ2) is 28.3. The van der Waals surface area contributed by atoms with Gasteiger partial charge in [-0.25, -0.2) is 24.2 Å². The maximum absolute atomic E-state index is 14.8. The topological polar surface area (TPSA) is 190 Å². The number of benzene rings is 1. The molecule has 0 amide bonds. The van der Waals surface area contributed by atoms with Crippen molar-refractivity contribution in [1.29, 1.82) is 0 Å². The van der Waals surface area contributed by atoms with E-state index < -0.39 is 55.0 Å². The van der Waals surface area contributed by atoms with E-state index in [9.17, 15) is 14.4 Å². The molecule has 0 aliphatic heterocycles. The Balaban J connectivity index is 4.26. The first kappa shape index (κ1) is 50.8. The van der Waals surface area contributed by atoms with Crippen molar-refractivity contribution in [2.24, 2.45) is 0 Å². The fourth-order valence-electron chi connectivity index (χ4n) is 4.52. The molecule has 0 fully saturated rings. The van der Waals surface area contributed by atoms with Crippen LogP contribution in [0.25, 0.3) is 0 Å². The average molecular weight is 809 g/mol. The summed E-state index contributed by atoms with van der Waals surface area (Å²) in [5.74, 6) is -12.8. The molecule has 0 bridgehead atoms. The number of methoxy groups -OCH3 is 3. The lowest BCUT2D eigenvalue weighted by Gasteiger charge is -2.45. The highest BCUT2D eigenvalue weighted by Crippen LogP contribution is 2.42. The van der Waals surface area contributed by atoms with E-state index in [-0.39, 0.29) is 76.9 Å². The van der Waals surface area contributed by atoms with Crippen LogP contribution in [0.3, 0.4) is 0 Å². The zero-order valence-corrected chi connectivity index (χ0v) is 34.7. The summed E-state index contributed by atoms with van der Waals surface area (Å²) in [6.45, 7) is 10.8. The Bertz CT molecular complexity index is 1230. The van der Waals surface area contributed by atoms with Crippen LogP contribution in [0.1, 0.15) is 74.1 Å². The molecule has 0 aliphatic carbocycles. The molecule has 0 heterocycles. The molecule has 1 aromatic rings. The minimum Gasteiger partial charge on any atom is -0.493 e. The predicted molar refractivity (Wildman–Crippen MR) is 197 cm³/mol. The summed E-state index contributed by atoms with van der Waals surface area (Å²) in [6.07, 6.45) is 0.605. The Labute approximate surface area is 330 Å². The molecule has 3 atom stereocenters. The number of unbranched alkanes of at least 4 members (excludes halogenated alkanes) is 1. The Morgan fingerprint density at radius 1 is 0.643 bits per heavy atom. The van der Waals surface area contributed by atoms with Crippen LogP contribution >= 0.6 is 0 Å². The molecule has 324 valence electrons. The largest absolute Gasteiger partial charge is 0.493 e. The maximum atomic E-state index is 14.8. The fraction of sp³-hybridized carbons (Fsp3) is 0.763. The number of para-hydroxylation sites is 2. The number of esters is 1. The summed E-state index contributed by atoms with van der Waals surface area (Å²) >= 11 is 0. The van der Waals surface area contributed by atoms with Crippen LogP contribution < -0.4 is 9.47 Å². The maximum Gasteiger partial charge on any atom is 0.444 e. The number of hydrogen-bond acceptors (Lipinski definition) is 18. The van der Waals surface area contributed by atoms with E-state index >= 15 is 0 Å². The van der Waals surface area contributed by atoms with E-state index in [2.05, 4.69) is 0 Å². The van der Waals surface area contributed by atoms with Crippen molar-refractivity contribution in [2.75, 3.05) is 87.4 Å². The van der Waals surface area contributed by atoms with Gasteiger partial charge in [0.05, 0.1) is 72.2 Å². The first-order chi connectivity index (χ1) is 26.9. The highest BCUT2D eigenvalue weighted by Gasteiger charge is 2.72. The highest BCUT2D eigenvalue weighted by molar-refractivity contribution is 5.82. The summed E-state index contributed by atoms with van der Waals surface area (Å²) in [5.41, 5.74) is 0. The van der Waals surface area contributed by atoms with Gasteiger partial charge in [0.15, 0.2) is 11.5 Å². The van der Waals surface area contributed by atoms with Gasteiger partial charge in [0, 0.05) is 20.8 Å². The van der Waals surface area contributed by atoms with Crippen LogP contribution in [0, 0.1) is 0 Å². The molecule has 0 saturated carbocycles. The number of hydrogen-bond donors (Lipinski definition) is 0. The SMILES string of the molecule is CCCCOC(OCCOC(C)C)(C(=O)OOC(=O)COCCOC)C(OCCCOC)(OC(=O)C(OCC)(OCCC)OC(C)C)Oc1ccccc1OC. The van der Waals surface area contributed by atoms with Crippen molar-refractivity contribution in [3.63, 3.8) is 0 Å². The third-order valence-electron chi connectivity index (χ3n) is 6.97. The zero-order valence-electron chi connectivity index (χ0n) is 34.7. The normalized spacial score (nSPS) is 14.8. The van der Waals surface area contributed by atoms with Crippen LogP contribution in [0.15, 0.2) is 24.3 Å². The van der Waals surface area contributed by atoms with Gasteiger partial charge in [-0.1, -0.05) is 32.4 Å². The van der Waals surface area contributed by atoms with Crippen molar-refractivity contribution >= 4 is 17.9 Å². The van der Waals surface area contributed by atoms with Crippen LogP contribution in [-0.2, 0) is 76.3 Å². The molecular weight excluding hydrogens is 744 g/mol. The molecule has 18 nitrogen and oxygen atoms in total. The molecule has 3 unspecified atom stereocenters. The molecule has 0 aliphatic rings. The molecule has 0 radical (unpaired) electrons. The second-order valence-electron chi connectivity index (χ2n) is 12.4. The van der Waals surface area contributed by atoms with E-state index in [1.165, 1.54) is 27.4 Å². The number of carbonyl (C=O) groups is 3. The van der Waals surface area contributed by atoms with E-state index in [1.807, 2.05) is 13.8 Å². The number of carbonyl (C=O) groups excluding carboxylic acids is 3. The van der Waals surface area contributed by atoms with Gasteiger partial charge in [0.1, 0.15) is 6.61 Å². The van der Waals surface area contributed by atoms with Crippen molar-refractivity contribution < 1.29 is 85.7 Å². The fourth-order valence-corrected chi connectivity index (χ4v) is 4.52. The Morgan fingerprint density at radius 3 is 1.93 bits per heavy atom. The van der Waals surface area contributed by atoms with E-state index in [0.717, 1.165) is 0 Å². The molecule has 18 heteroatoms. The zero-order chi connectivity index (χ0) is 41.9. The summed E-state index contributed by atoms with van der Waals surface area (Å²) < 4.78 is 75.9. The predicted octanol–water partition coefficient (Wildman–Crippen LogP) is 4.49. The average Bonchev–Trinajstić information content (AvgIpc) is 3.17. The monoisotopic (exact) mass is 808 g/mol. The van der Waals surface area contributed by atoms with Crippen LogP contribution in [0.5, 0.6) is 11.5 Å².